The van der Waals surface area contributed by atoms with Crippen LogP contribution in [-0.2, 0) is 0 Å². The maximum absolute atomic E-state index is 5.91. The zero-order valence-corrected chi connectivity index (χ0v) is 13.2. The van der Waals surface area contributed by atoms with Gasteiger partial charge in [0, 0.05) is 0 Å². The van der Waals surface area contributed by atoms with Crippen LogP contribution in [0, 0.1) is 5.92 Å². The smallest absolute Gasteiger partial charge is 0.110 e. The molecule has 0 bridgehead atoms. The van der Waals surface area contributed by atoms with Crippen LogP contribution in [0.4, 0.5) is 0 Å². The zero-order chi connectivity index (χ0) is 15.7. The summed E-state index contributed by atoms with van der Waals surface area (Å²) in [4.78, 5) is 0. The molecule has 2 aromatic rings. The summed E-state index contributed by atoms with van der Waals surface area (Å²) in [5.41, 5.74) is 5.16. The lowest BCUT2D eigenvalue weighted by molar-refractivity contribution is 0.348. The van der Waals surface area contributed by atoms with Gasteiger partial charge in [0.15, 0.2) is 0 Å². The third-order valence-electron chi connectivity index (χ3n) is 4.98. The molecule has 0 saturated heterocycles. The van der Waals surface area contributed by atoms with E-state index in [0.717, 1.165) is 17.0 Å². The molecule has 0 amide bonds. The summed E-state index contributed by atoms with van der Waals surface area (Å²) in [6.45, 7) is 2.36. The zero-order valence-electron chi connectivity index (χ0n) is 13.2. The molecule has 1 fully saturated rings. The standard InChI is InChI=1S/C19H19B3/c1-12-2-4-13(5-3-12)14-6-8-15(9-7-14)16-10-17(20)19(22)18(21)11-16/h6-13H,2-5H2,1H3. The van der Waals surface area contributed by atoms with E-state index in [0.29, 0.717) is 22.3 Å². The molecule has 3 rings (SSSR count). The van der Waals surface area contributed by atoms with E-state index in [1.165, 1.54) is 31.2 Å². The van der Waals surface area contributed by atoms with E-state index in [9.17, 15) is 0 Å². The molecule has 0 aliphatic heterocycles. The summed E-state index contributed by atoms with van der Waals surface area (Å²) in [7, 11) is 17.6. The van der Waals surface area contributed by atoms with Crippen molar-refractivity contribution < 1.29 is 0 Å². The van der Waals surface area contributed by atoms with Gasteiger partial charge in [0.25, 0.3) is 0 Å². The fourth-order valence-corrected chi connectivity index (χ4v) is 3.41. The second-order valence-corrected chi connectivity index (χ2v) is 6.65. The largest absolute Gasteiger partial charge is 0.112 e. The summed E-state index contributed by atoms with van der Waals surface area (Å²) in [6, 6.07) is 12.6. The molecule has 0 atom stereocenters. The van der Waals surface area contributed by atoms with Gasteiger partial charge in [-0.15, -0.1) is 16.4 Å². The average Bonchev–Trinajstić information content (AvgIpc) is 2.53. The van der Waals surface area contributed by atoms with Gasteiger partial charge in [-0.2, -0.15) is 0 Å². The summed E-state index contributed by atoms with van der Waals surface area (Å²) >= 11 is 0. The van der Waals surface area contributed by atoms with Crippen LogP contribution in [0.1, 0.15) is 44.1 Å². The van der Waals surface area contributed by atoms with Crippen LogP contribution in [-0.4, -0.2) is 23.5 Å². The predicted octanol–water partition coefficient (Wildman–Crippen LogP) is 2.03. The highest BCUT2D eigenvalue weighted by molar-refractivity contribution is 6.57. The average molecular weight is 280 g/mol. The molecule has 1 aliphatic rings. The summed E-state index contributed by atoms with van der Waals surface area (Å²) < 4.78 is 0. The molecule has 0 spiro atoms. The van der Waals surface area contributed by atoms with Crippen molar-refractivity contribution in [2.75, 3.05) is 0 Å². The molecular formula is C19H19B3. The molecule has 6 radical (unpaired) electrons. The van der Waals surface area contributed by atoms with Crippen LogP contribution in [0.2, 0.25) is 0 Å². The number of rotatable bonds is 2. The van der Waals surface area contributed by atoms with Gasteiger partial charge >= 0.3 is 0 Å². The lowest BCUT2D eigenvalue weighted by Crippen LogP contribution is -2.38. The lowest BCUT2D eigenvalue weighted by atomic mass is 9.71. The molecule has 3 heteroatoms. The van der Waals surface area contributed by atoms with Gasteiger partial charge in [-0.05, 0) is 41.4 Å². The van der Waals surface area contributed by atoms with E-state index in [2.05, 4.69) is 31.2 Å². The fourth-order valence-electron chi connectivity index (χ4n) is 3.41. The van der Waals surface area contributed by atoms with E-state index >= 15 is 0 Å². The minimum atomic E-state index is 0.469. The Kier molecular flexibility index (Phi) is 4.52. The van der Waals surface area contributed by atoms with E-state index in [4.69, 9.17) is 23.5 Å². The number of benzene rings is 2. The highest BCUT2D eigenvalue weighted by Gasteiger charge is 2.19. The van der Waals surface area contributed by atoms with Gasteiger partial charge in [-0.25, -0.2) is 0 Å². The SMILES string of the molecule is [B]c1cc(-c2ccc(C3CCC(C)CC3)cc2)cc([B])c1[B]. The van der Waals surface area contributed by atoms with E-state index in [1.54, 1.807) is 0 Å². The number of hydrogen-bond donors (Lipinski definition) is 0. The van der Waals surface area contributed by atoms with Crippen molar-refractivity contribution in [1.29, 1.82) is 0 Å². The van der Waals surface area contributed by atoms with Crippen molar-refractivity contribution in [3.63, 3.8) is 0 Å². The second kappa shape index (κ2) is 6.40. The second-order valence-electron chi connectivity index (χ2n) is 6.65. The predicted molar refractivity (Wildman–Crippen MR) is 98.4 cm³/mol. The molecular weight excluding hydrogens is 261 g/mol. The monoisotopic (exact) mass is 280 g/mol. The first-order valence-electron chi connectivity index (χ1n) is 8.09. The van der Waals surface area contributed by atoms with Crippen LogP contribution in [0.3, 0.4) is 0 Å². The van der Waals surface area contributed by atoms with E-state index in [-0.39, 0.29) is 0 Å². The Morgan fingerprint density at radius 1 is 0.773 bits per heavy atom. The Morgan fingerprint density at radius 3 is 1.86 bits per heavy atom. The van der Waals surface area contributed by atoms with Crippen LogP contribution >= 0.6 is 0 Å². The molecule has 1 aliphatic carbocycles. The quantitative estimate of drug-likeness (QED) is 0.738. The van der Waals surface area contributed by atoms with Crippen molar-refractivity contribution in [2.45, 2.75) is 38.5 Å². The molecule has 0 aromatic heterocycles. The van der Waals surface area contributed by atoms with Gasteiger partial charge in [0.1, 0.15) is 23.5 Å². The first kappa shape index (κ1) is 15.5. The molecule has 0 heterocycles. The Hall–Kier alpha value is -1.37. The molecule has 0 unspecified atom stereocenters. The first-order chi connectivity index (χ1) is 10.5. The Bertz CT molecular complexity index is 630. The van der Waals surface area contributed by atoms with Gasteiger partial charge in [-0.3, -0.25) is 0 Å². The van der Waals surface area contributed by atoms with Crippen LogP contribution in [0.5, 0.6) is 0 Å². The first-order valence-corrected chi connectivity index (χ1v) is 8.09. The highest BCUT2D eigenvalue weighted by atomic mass is 14.2. The van der Waals surface area contributed by atoms with Gasteiger partial charge in [0.2, 0.25) is 0 Å². The van der Waals surface area contributed by atoms with Crippen molar-refractivity contribution in [3.05, 3.63) is 42.0 Å². The topological polar surface area (TPSA) is 0 Å². The van der Waals surface area contributed by atoms with Gasteiger partial charge < -0.3 is 0 Å². The number of hydrogen-bond acceptors (Lipinski definition) is 0. The third-order valence-corrected chi connectivity index (χ3v) is 4.98. The minimum absolute atomic E-state index is 0.469. The van der Waals surface area contributed by atoms with E-state index < -0.39 is 0 Å². The lowest BCUT2D eigenvalue weighted by Gasteiger charge is -2.26. The van der Waals surface area contributed by atoms with Crippen LogP contribution in [0.25, 0.3) is 11.1 Å². The van der Waals surface area contributed by atoms with Crippen molar-refractivity contribution in [1.82, 2.24) is 0 Å². The van der Waals surface area contributed by atoms with Crippen molar-refractivity contribution in [3.8, 4) is 11.1 Å². The Balaban J connectivity index is 1.82. The summed E-state index contributed by atoms with van der Waals surface area (Å²) in [5.74, 6) is 1.60. The maximum atomic E-state index is 5.91. The molecule has 1 saturated carbocycles. The summed E-state index contributed by atoms with van der Waals surface area (Å²) in [5, 5.41) is 0. The third kappa shape index (κ3) is 3.19. The summed E-state index contributed by atoms with van der Waals surface area (Å²) in [6.07, 6.45) is 5.31. The minimum Gasteiger partial charge on any atom is -0.110 e. The van der Waals surface area contributed by atoms with E-state index in [1.807, 2.05) is 12.1 Å². The van der Waals surface area contributed by atoms with Gasteiger partial charge in [0.05, 0.1) is 0 Å². The Labute approximate surface area is 137 Å². The molecule has 2 aromatic carbocycles. The Morgan fingerprint density at radius 2 is 1.32 bits per heavy atom. The maximum Gasteiger partial charge on any atom is 0.112 e. The van der Waals surface area contributed by atoms with Gasteiger partial charge in [-0.1, -0.05) is 56.2 Å². The van der Waals surface area contributed by atoms with Crippen LogP contribution < -0.4 is 16.4 Å². The molecule has 0 nitrogen and oxygen atoms in total. The van der Waals surface area contributed by atoms with Crippen molar-refractivity contribution in [2.24, 2.45) is 5.92 Å². The fraction of sp³-hybridized carbons (Fsp3) is 0.368. The molecule has 22 heavy (non-hydrogen) atoms. The van der Waals surface area contributed by atoms with Crippen LogP contribution in [0.15, 0.2) is 36.4 Å². The molecule has 104 valence electrons. The normalized spacial score (nSPS) is 21.7. The molecule has 0 N–H and O–H groups in total. The van der Waals surface area contributed by atoms with Crippen molar-refractivity contribution >= 4 is 39.9 Å². The highest BCUT2D eigenvalue weighted by Crippen LogP contribution is 2.36.